The molecular weight excluding hydrogens is 289 g/mol. The van der Waals surface area contributed by atoms with Crippen molar-refractivity contribution in [2.75, 3.05) is 0 Å². The molecule has 0 saturated carbocycles. The van der Waals surface area contributed by atoms with Gasteiger partial charge in [0.25, 0.3) is 5.69 Å². The van der Waals surface area contributed by atoms with E-state index in [1.807, 2.05) is 12.1 Å². The van der Waals surface area contributed by atoms with Crippen LogP contribution in [0, 0.1) is 10.1 Å². The SMILES string of the molecule is O=[N+]([O-])c1ccc(Cl)c(Oc2ccccc2CCl)c1. The zero-order valence-corrected chi connectivity index (χ0v) is 11.2. The molecule has 0 aliphatic rings. The number of para-hydroxylation sites is 1. The minimum absolute atomic E-state index is 0.0808. The highest BCUT2D eigenvalue weighted by Gasteiger charge is 2.12. The first-order valence-corrected chi connectivity index (χ1v) is 6.28. The van der Waals surface area contributed by atoms with Gasteiger partial charge in [-0.25, -0.2) is 0 Å². The average Bonchev–Trinajstić information content (AvgIpc) is 2.41. The van der Waals surface area contributed by atoms with Gasteiger partial charge in [-0.05, 0) is 12.1 Å². The minimum atomic E-state index is -0.503. The Morgan fingerprint density at radius 3 is 2.58 bits per heavy atom. The van der Waals surface area contributed by atoms with E-state index in [0.29, 0.717) is 10.8 Å². The van der Waals surface area contributed by atoms with Crippen LogP contribution in [-0.2, 0) is 5.88 Å². The molecule has 0 saturated heterocycles. The number of ether oxygens (including phenoxy) is 1. The molecule has 0 bridgehead atoms. The first-order chi connectivity index (χ1) is 9.11. The van der Waals surface area contributed by atoms with Crippen molar-refractivity contribution in [3.8, 4) is 11.5 Å². The summed E-state index contributed by atoms with van der Waals surface area (Å²) >= 11 is 11.8. The fourth-order valence-electron chi connectivity index (χ4n) is 1.52. The number of alkyl halides is 1. The van der Waals surface area contributed by atoms with Crippen molar-refractivity contribution in [2.24, 2.45) is 0 Å². The van der Waals surface area contributed by atoms with Gasteiger partial charge in [-0.15, -0.1) is 11.6 Å². The van der Waals surface area contributed by atoms with Gasteiger partial charge < -0.3 is 4.74 Å². The third-order valence-electron chi connectivity index (χ3n) is 2.46. The maximum Gasteiger partial charge on any atom is 0.273 e. The summed E-state index contributed by atoms with van der Waals surface area (Å²) in [6, 6.07) is 11.2. The third-order valence-corrected chi connectivity index (χ3v) is 3.06. The number of nitro groups is 1. The molecule has 0 radical (unpaired) electrons. The van der Waals surface area contributed by atoms with Gasteiger partial charge in [-0.2, -0.15) is 0 Å². The molecule has 98 valence electrons. The molecule has 0 fully saturated rings. The second kappa shape index (κ2) is 5.91. The van der Waals surface area contributed by atoms with Gasteiger partial charge in [-0.3, -0.25) is 10.1 Å². The Bertz CT molecular complexity index is 617. The molecule has 6 heteroatoms. The molecule has 4 nitrogen and oxygen atoms in total. The Kier molecular flexibility index (Phi) is 4.24. The number of benzene rings is 2. The number of rotatable bonds is 4. The second-order valence-electron chi connectivity index (χ2n) is 3.72. The van der Waals surface area contributed by atoms with Crippen molar-refractivity contribution in [3.63, 3.8) is 0 Å². The van der Waals surface area contributed by atoms with Crippen molar-refractivity contribution >= 4 is 28.9 Å². The minimum Gasteiger partial charge on any atom is -0.455 e. The summed E-state index contributed by atoms with van der Waals surface area (Å²) in [4.78, 5) is 10.2. The lowest BCUT2D eigenvalue weighted by Crippen LogP contribution is -1.92. The van der Waals surface area contributed by atoms with Gasteiger partial charge >= 0.3 is 0 Å². The van der Waals surface area contributed by atoms with Crippen LogP contribution in [0.4, 0.5) is 5.69 Å². The van der Waals surface area contributed by atoms with E-state index in [9.17, 15) is 10.1 Å². The lowest BCUT2D eigenvalue weighted by molar-refractivity contribution is -0.384. The molecule has 0 amide bonds. The van der Waals surface area contributed by atoms with Gasteiger partial charge in [-0.1, -0.05) is 29.8 Å². The standard InChI is InChI=1S/C13H9Cl2NO3/c14-8-9-3-1-2-4-12(9)19-13-7-10(16(17)18)5-6-11(13)15/h1-7H,8H2. The van der Waals surface area contributed by atoms with E-state index in [-0.39, 0.29) is 17.3 Å². The highest BCUT2D eigenvalue weighted by atomic mass is 35.5. The number of non-ortho nitro benzene ring substituents is 1. The average molecular weight is 298 g/mol. The summed E-state index contributed by atoms with van der Waals surface area (Å²) in [6.07, 6.45) is 0. The fraction of sp³-hybridized carbons (Fsp3) is 0.0769. The summed E-state index contributed by atoms with van der Waals surface area (Å²) in [5, 5.41) is 11.0. The Hall–Kier alpha value is -1.78. The van der Waals surface area contributed by atoms with E-state index < -0.39 is 4.92 Å². The third kappa shape index (κ3) is 3.16. The van der Waals surface area contributed by atoms with E-state index in [2.05, 4.69) is 0 Å². The summed E-state index contributed by atoms with van der Waals surface area (Å²) in [7, 11) is 0. The Morgan fingerprint density at radius 1 is 1.16 bits per heavy atom. The Morgan fingerprint density at radius 2 is 1.89 bits per heavy atom. The van der Waals surface area contributed by atoms with Gasteiger partial charge in [0.1, 0.15) is 5.75 Å². The van der Waals surface area contributed by atoms with Gasteiger partial charge in [0.2, 0.25) is 0 Å². The number of hydrogen-bond donors (Lipinski definition) is 0. The number of nitro benzene ring substituents is 1. The molecule has 2 rings (SSSR count). The molecule has 0 atom stereocenters. The van der Waals surface area contributed by atoms with Crippen LogP contribution in [0.15, 0.2) is 42.5 Å². The highest BCUT2D eigenvalue weighted by molar-refractivity contribution is 6.32. The monoisotopic (exact) mass is 297 g/mol. The Balaban J connectivity index is 2.37. The number of hydrogen-bond acceptors (Lipinski definition) is 3. The maximum absolute atomic E-state index is 10.7. The van der Waals surface area contributed by atoms with Crippen molar-refractivity contribution in [1.82, 2.24) is 0 Å². The number of halogens is 2. The highest BCUT2D eigenvalue weighted by Crippen LogP contribution is 2.34. The van der Waals surface area contributed by atoms with Crippen LogP contribution in [-0.4, -0.2) is 4.92 Å². The number of nitrogens with zero attached hydrogens (tertiary/aromatic N) is 1. The summed E-state index contributed by atoms with van der Waals surface area (Å²) in [5.41, 5.74) is 0.703. The molecule has 0 aliphatic heterocycles. The first-order valence-electron chi connectivity index (χ1n) is 5.37. The first kappa shape index (κ1) is 13.6. The lowest BCUT2D eigenvalue weighted by Gasteiger charge is -2.10. The molecule has 2 aromatic rings. The largest absolute Gasteiger partial charge is 0.455 e. The topological polar surface area (TPSA) is 52.4 Å². The molecule has 0 aliphatic carbocycles. The van der Waals surface area contributed by atoms with Crippen molar-refractivity contribution in [3.05, 3.63) is 63.2 Å². The normalized spacial score (nSPS) is 10.2. The van der Waals surface area contributed by atoms with E-state index in [1.165, 1.54) is 18.2 Å². The summed E-state index contributed by atoms with van der Waals surface area (Å²) in [5.74, 6) is 1.04. The molecule has 19 heavy (non-hydrogen) atoms. The zero-order valence-electron chi connectivity index (χ0n) is 9.68. The zero-order chi connectivity index (χ0) is 13.8. The van der Waals surface area contributed by atoms with Crippen LogP contribution in [0.3, 0.4) is 0 Å². The Labute approximate surface area is 119 Å². The van der Waals surface area contributed by atoms with Crippen LogP contribution >= 0.6 is 23.2 Å². The van der Waals surface area contributed by atoms with Crippen LogP contribution < -0.4 is 4.74 Å². The fourth-order valence-corrected chi connectivity index (χ4v) is 1.89. The molecule has 0 heterocycles. The van der Waals surface area contributed by atoms with Crippen molar-refractivity contribution in [1.29, 1.82) is 0 Å². The smallest absolute Gasteiger partial charge is 0.273 e. The molecular formula is C13H9Cl2NO3. The molecule has 0 N–H and O–H groups in total. The van der Waals surface area contributed by atoms with Gasteiger partial charge in [0.05, 0.1) is 21.9 Å². The predicted octanol–water partition coefficient (Wildman–Crippen LogP) is 4.78. The van der Waals surface area contributed by atoms with Crippen molar-refractivity contribution < 1.29 is 9.66 Å². The molecule has 0 spiro atoms. The van der Waals surface area contributed by atoms with Crippen LogP contribution in [0.1, 0.15) is 5.56 Å². The second-order valence-corrected chi connectivity index (χ2v) is 4.39. The van der Waals surface area contributed by atoms with E-state index in [4.69, 9.17) is 27.9 Å². The summed E-state index contributed by atoms with van der Waals surface area (Å²) in [6.45, 7) is 0. The van der Waals surface area contributed by atoms with Gasteiger partial charge in [0, 0.05) is 11.6 Å². The van der Waals surface area contributed by atoms with Crippen molar-refractivity contribution in [2.45, 2.75) is 5.88 Å². The van der Waals surface area contributed by atoms with Gasteiger partial charge in [0.15, 0.2) is 5.75 Å². The predicted molar refractivity (Wildman–Crippen MR) is 74.2 cm³/mol. The quantitative estimate of drug-likeness (QED) is 0.463. The molecule has 0 unspecified atom stereocenters. The molecule has 0 aromatic heterocycles. The van der Waals surface area contributed by atoms with E-state index >= 15 is 0 Å². The van der Waals surface area contributed by atoms with E-state index in [1.54, 1.807) is 12.1 Å². The van der Waals surface area contributed by atoms with E-state index in [0.717, 1.165) is 5.56 Å². The van der Waals surface area contributed by atoms with Crippen LogP contribution in [0.2, 0.25) is 5.02 Å². The maximum atomic E-state index is 10.7. The summed E-state index contributed by atoms with van der Waals surface area (Å²) < 4.78 is 5.60. The lowest BCUT2D eigenvalue weighted by atomic mass is 10.2. The van der Waals surface area contributed by atoms with Crippen LogP contribution in [0.5, 0.6) is 11.5 Å². The molecule has 2 aromatic carbocycles. The van der Waals surface area contributed by atoms with Crippen LogP contribution in [0.25, 0.3) is 0 Å².